The fourth-order valence-corrected chi connectivity index (χ4v) is 2.88. The Labute approximate surface area is 116 Å². The van der Waals surface area contributed by atoms with E-state index in [1.807, 2.05) is 14.0 Å². The third-order valence-corrected chi connectivity index (χ3v) is 3.88. The number of rotatable bonds is 4. The summed E-state index contributed by atoms with van der Waals surface area (Å²) in [5.41, 5.74) is 0. The zero-order valence-electron chi connectivity index (χ0n) is 10.8. The van der Waals surface area contributed by atoms with Crippen LogP contribution in [0.5, 0.6) is 0 Å². The van der Waals surface area contributed by atoms with Crippen LogP contribution in [0.3, 0.4) is 0 Å². The molecule has 1 aliphatic heterocycles. The highest BCUT2D eigenvalue weighted by Crippen LogP contribution is 2.31. The molecule has 0 aromatic carbocycles. The summed E-state index contributed by atoms with van der Waals surface area (Å²) in [6.45, 7) is 4.80. The summed E-state index contributed by atoms with van der Waals surface area (Å²) in [6, 6.07) is 0. The first-order valence-electron chi connectivity index (χ1n) is 6.31. The molecule has 5 nitrogen and oxygen atoms in total. The number of piperidine rings is 1. The van der Waals surface area contributed by atoms with Crippen molar-refractivity contribution in [3.8, 4) is 0 Å². The van der Waals surface area contributed by atoms with E-state index in [4.69, 9.17) is 4.74 Å². The highest BCUT2D eigenvalue weighted by Gasteiger charge is 2.22. The second kappa shape index (κ2) is 6.33. The largest absolute Gasteiger partial charge is 0.378 e. The molecule has 0 spiro atoms. The lowest BCUT2D eigenvalue weighted by atomic mass is 10.1. The van der Waals surface area contributed by atoms with Gasteiger partial charge in [-0.25, -0.2) is 9.97 Å². The van der Waals surface area contributed by atoms with Gasteiger partial charge in [-0.1, -0.05) is 0 Å². The summed E-state index contributed by atoms with van der Waals surface area (Å²) in [6.07, 6.45) is 4.11. The molecule has 0 unspecified atom stereocenters. The van der Waals surface area contributed by atoms with Crippen molar-refractivity contribution in [2.24, 2.45) is 0 Å². The van der Waals surface area contributed by atoms with Crippen LogP contribution in [-0.4, -0.2) is 42.8 Å². The molecule has 0 atom stereocenters. The normalized spacial score (nSPS) is 16.9. The zero-order chi connectivity index (χ0) is 13.0. The summed E-state index contributed by atoms with van der Waals surface area (Å²) in [4.78, 5) is 10.8. The number of hydrogen-bond donors (Lipinski definition) is 1. The molecule has 100 valence electrons. The van der Waals surface area contributed by atoms with Crippen LogP contribution in [0.1, 0.15) is 19.8 Å². The highest BCUT2D eigenvalue weighted by atomic mass is 79.9. The minimum atomic E-state index is 0.399. The van der Waals surface area contributed by atoms with Crippen molar-refractivity contribution in [3.05, 3.63) is 10.8 Å². The third-order valence-electron chi connectivity index (χ3n) is 3.15. The van der Waals surface area contributed by atoms with E-state index in [1.165, 1.54) is 0 Å². The lowest BCUT2D eigenvalue weighted by molar-refractivity contribution is 0.0458. The molecule has 1 aliphatic rings. The molecule has 6 heteroatoms. The number of nitrogens with one attached hydrogen (secondary N) is 1. The van der Waals surface area contributed by atoms with Gasteiger partial charge in [0.1, 0.15) is 22.4 Å². The van der Waals surface area contributed by atoms with Crippen LogP contribution >= 0.6 is 15.9 Å². The maximum atomic E-state index is 5.66. The molecule has 1 saturated heterocycles. The van der Waals surface area contributed by atoms with E-state index in [2.05, 4.69) is 36.1 Å². The zero-order valence-corrected chi connectivity index (χ0v) is 12.4. The van der Waals surface area contributed by atoms with Gasteiger partial charge in [-0.2, -0.15) is 0 Å². The fourth-order valence-electron chi connectivity index (χ4n) is 2.23. The second-order valence-electron chi connectivity index (χ2n) is 4.25. The molecular weight excluding hydrogens is 296 g/mol. The summed E-state index contributed by atoms with van der Waals surface area (Å²) in [7, 11) is 1.86. The van der Waals surface area contributed by atoms with Gasteiger partial charge in [0.2, 0.25) is 0 Å². The highest BCUT2D eigenvalue weighted by molar-refractivity contribution is 9.10. The minimum absolute atomic E-state index is 0.399. The Morgan fingerprint density at radius 2 is 2.17 bits per heavy atom. The fraction of sp³-hybridized carbons (Fsp3) is 0.667. The Morgan fingerprint density at radius 1 is 1.44 bits per heavy atom. The van der Waals surface area contributed by atoms with Crippen LogP contribution < -0.4 is 10.2 Å². The molecule has 0 amide bonds. The van der Waals surface area contributed by atoms with Gasteiger partial charge in [-0.3, -0.25) is 0 Å². The molecule has 2 heterocycles. The van der Waals surface area contributed by atoms with Crippen LogP contribution in [0.25, 0.3) is 0 Å². The Kier molecular flexibility index (Phi) is 4.77. The molecular formula is C12H19BrN4O. The lowest BCUT2D eigenvalue weighted by Crippen LogP contribution is -2.37. The van der Waals surface area contributed by atoms with Crippen molar-refractivity contribution < 1.29 is 4.74 Å². The molecule has 0 aliphatic carbocycles. The molecule has 1 aromatic heterocycles. The Hall–Kier alpha value is -0.880. The topological polar surface area (TPSA) is 50.3 Å². The average Bonchev–Trinajstić information content (AvgIpc) is 2.41. The number of ether oxygens (including phenoxy) is 1. The third kappa shape index (κ3) is 2.92. The first kappa shape index (κ1) is 13.5. The predicted molar refractivity (Wildman–Crippen MR) is 76.1 cm³/mol. The maximum absolute atomic E-state index is 5.66. The predicted octanol–water partition coefficient (Wildman–Crippen LogP) is 2.29. The van der Waals surface area contributed by atoms with E-state index in [1.54, 1.807) is 6.33 Å². The first-order valence-corrected chi connectivity index (χ1v) is 7.10. The number of anilines is 2. The smallest absolute Gasteiger partial charge is 0.148 e. The molecule has 1 aromatic rings. The van der Waals surface area contributed by atoms with E-state index in [-0.39, 0.29) is 0 Å². The Morgan fingerprint density at radius 3 is 2.78 bits per heavy atom. The van der Waals surface area contributed by atoms with Crippen molar-refractivity contribution >= 4 is 27.6 Å². The van der Waals surface area contributed by atoms with Crippen molar-refractivity contribution in [2.45, 2.75) is 25.9 Å². The van der Waals surface area contributed by atoms with Crippen molar-refractivity contribution in [3.63, 3.8) is 0 Å². The Balaban J connectivity index is 2.05. The van der Waals surface area contributed by atoms with Gasteiger partial charge >= 0.3 is 0 Å². The molecule has 0 radical (unpaired) electrons. The van der Waals surface area contributed by atoms with Crippen LogP contribution in [0.2, 0.25) is 0 Å². The van der Waals surface area contributed by atoms with Gasteiger partial charge in [-0.15, -0.1) is 0 Å². The van der Waals surface area contributed by atoms with E-state index in [0.717, 1.165) is 48.6 Å². The van der Waals surface area contributed by atoms with Crippen molar-refractivity contribution in [1.82, 2.24) is 9.97 Å². The van der Waals surface area contributed by atoms with Gasteiger partial charge in [0.15, 0.2) is 0 Å². The lowest BCUT2D eigenvalue weighted by Gasteiger charge is -2.33. The average molecular weight is 315 g/mol. The number of nitrogens with zero attached hydrogens (tertiary/aromatic N) is 3. The van der Waals surface area contributed by atoms with Gasteiger partial charge in [0.25, 0.3) is 0 Å². The number of hydrogen-bond acceptors (Lipinski definition) is 5. The number of aromatic nitrogens is 2. The molecule has 18 heavy (non-hydrogen) atoms. The molecule has 0 saturated carbocycles. The number of halogens is 1. The minimum Gasteiger partial charge on any atom is -0.378 e. The van der Waals surface area contributed by atoms with Gasteiger partial charge in [0.05, 0.1) is 6.10 Å². The van der Waals surface area contributed by atoms with E-state index < -0.39 is 0 Å². The summed E-state index contributed by atoms with van der Waals surface area (Å²) in [5, 5.41) is 3.05. The second-order valence-corrected chi connectivity index (χ2v) is 5.04. The van der Waals surface area contributed by atoms with Gasteiger partial charge in [-0.05, 0) is 35.7 Å². The van der Waals surface area contributed by atoms with Crippen LogP contribution in [0.15, 0.2) is 10.8 Å². The maximum Gasteiger partial charge on any atom is 0.148 e. The molecule has 2 rings (SSSR count). The van der Waals surface area contributed by atoms with E-state index in [9.17, 15) is 0 Å². The molecule has 1 N–H and O–H groups in total. The van der Waals surface area contributed by atoms with Crippen molar-refractivity contribution in [2.75, 3.05) is 37.0 Å². The quantitative estimate of drug-likeness (QED) is 0.924. The standard InChI is InChI=1S/C12H19BrN4O/c1-3-18-9-4-6-17(7-5-9)12-10(13)11(14-2)15-8-16-12/h8-9H,3-7H2,1-2H3,(H,14,15,16). The van der Waals surface area contributed by atoms with E-state index in [0.29, 0.717) is 6.10 Å². The molecule has 0 bridgehead atoms. The molecule has 1 fully saturated rings. The summed E-state index contributed by atoms with van der Waals surface area (Å²) < 4.78 is 6.59. The van der Waals surface area contributed by atoms with Crippen LogP contribution in [-0.2, 0) is 4.74 Å². The van der Waals surface area contributed by atoms with Gasteiger partial charge < -0.3 is 15.0 Å². The first-order chi connectivity index (χ1) is 8.76. The van der Waals surface area contributed by atoms with Crippen molar-refractivity contribution in [1.29, 1.82) is 0 Å². The van der Waals surface area contributed by atoms with Gasteiger partial charge in [0, 0.05) is 26.7 Å². The van der Waals surface area contributed by atoms with Crippen LogP contribution in [0.4, 0.5) is 11.6 Å². The van der Waals surface area contributed by atoms with Crippen LogP contribution in [0, 0.1) is 0 Å². The SMILES string of the molecule is CCOC1CCN(c2ncnc(NC)c2Br)CC1. The van der Waals surface area contributed by atoms with E-state index >= 15 is 0 Å². The summed E-state index contributed by atoms with van der Waals surface area (Å²) >= 11 is 3.56. The summed E-state index contributed by atoms with van der Waals surface area (Å²) in [5.74, 6) is 1.79. The monoisotopic (exact) mass is 314 g/mol. The Bertz CT molecular complexity index is 394.